The number of hydrogen-bond acceptors (Lipinski definition) is 8. The number of aromatic nitrogens is 2. The molecule has 3 aliphatic rings. The van der Waals surface area contributed by atoms with Crippen molar-refractivity contribution in [1.29, 1.82) is 0 Å². The predicted octanol–water partition coefficient (Wildman–Crippen LogP) is 1.72. The molecule has 1 unspecified atom stereocenters. The molecule has 0 bridgehead atoms. The van der Waals surface area contributed by atoms with Crippen LogP contribution in [0.15, 0.2) is 16.9 Å². The zero-order chi connectivity index (χ0) is 30.1. The minimum atomic E-state index is -1.95. The summed E-state index contributed by atoms with van der Waals surface area (Å²) < 4.78 is 23.5. The fraction of sp³-hybridized carbons (Fsp3) is 0.452. The molecule has 11 heteroatoms. The molecule has 2 N–H and O–H groups in total. The topological polar surface area (TPSA) is 125 Å². The summed E-state index contributed by atoms with van der Waals surface area (Å²) in [5.74, 6) is -1.50. The number of cyclic esters (lactones) is 1. The van der Waals surface area contributed by atoms with Crippen LogP contribution in [0, 0.1) is 12.7 Å². The Bertz CT molecular complexity index is 1780. The highest BCUT2D eigenvalue weighted by Crippen LogP contribution is 2.46. The highest BCUT2D eigenvalue weighted by atomic mass is 19.1. The van der Waals surface area contributed by atoms with Gasteiger partial charge in [0, 0.05) is 29.1 Å². The molecule has 1 aliphatic carbocycles. The van der Waals surface area contributed by atoms with Crippen LogP contribution in [0.2, 0.25) is 0 Å². The van der Waals surface area contributed by atoms with Gasteiger partial charge in [-0.05, 0) is 56.0 Å². The molecule has 1 amide bonds. The van der Waals surface area contributed by atoms with E-state index in [0.717, 1.165) is 22.1 Å². The molecule has 3 aromatic rings. The number of amides is 1. The predicted molar refractivity (Wildman–Crippen MR) is 152 cm³/mol. The number of hydrogen-bond donors (Lipinski definition) is 2. The molecule has 220 valence electrons. The lowest BCUT2D eigenvalue weighted by molar-refractivity contribution is -0.416. The third kappa shape index (κ3) is 4.13. The summed E-state index contributed by atoms with van der Waals surface area (Å²) in [6.45, 7) is 3.86. The number of aliphatic hydroxyl groups excluding tert-OH is 1. The number of aryl methyl sites for hydroxylation is 1. The van der Waals surface area contributed by atoms with Crippen LogP contribution in [-0.4, -0.2) is 81.1 Å². The molecule has 4 heterocycles. The van der Waals surface area contributed by atoms with Crippen molar-refractivity contribution in [3.05, 3.63) is 61.7 Å². The summed E-state index contributed by atoms with van der Waals surface area (Å²) in [5, 5.41) is 21.3. The molecule has 0 fully saturated rings. The van der Waals surface area contributed by atoms with Crippen molar-refractivity contribution in [1.82, 2.24) is 14.5 Å². The third-order valence-corrected chi connectivity index (χ3v) is 9.11. The van der Waals surface area contributed by atoms with Gasteiger partial charge in [-0.1, -0.05) is 6.92 Å². The first-order chi connectivity index (χ1) is 20.0. The summed E-state index contributed by atoms with van der Waals surface area (Å²) in [7, 11) is 3.47. The number of likely N-dealkylation sites (N-methyl/N-ethyl adjacent to an activating group) is 2. The van der Waals surface area contributed by atoms with Crippen molar-refractivity contribution in [2.45, 2.75) is 57.8 Å². The second-order valence-electron chi connectivity index (χ2n) is 11.6. The smallest absolute Gasteiger partial charge is 0.400 e. The van der Waals surface area contributed by atoms with E-state index in [0.29, 0.717) is 41.9 Å². The van der Waals surface area contributed by atoms with Gasteiger partial charge < -0.3 is 19.5 Å². The fourth-order valence-corrected chi connectivity index (χ4v) is 6.68. The number of esters is 1. The highest BCUT2D eigenvalue weighted by molar-refractivity contribution is 5.96. The quantitative estimate of drug-likeness (QED) is 0.202. The van der Waals surface area contributed by atoms with E-state index in [1.807, 2.05) is 6.21 Å². The standard InChI is InChI=1S/C31H34FN4O6/c1-5-31(41)21-10-24-28-19(13-36(24)29(39)20(21)15-42-30(31)40)26-17(12-35(4)25(38)14-34(3)8-9-37)6-7-18-16(2)22(32)11-23(33-28)27(18)26/h10-12,17,37,41H,5-9,13-15H2,1-4H3/q+1/b35-12-/t17?,31-/m0/s1. The summed E-state index contributed by atoms with van der Waals surface area (Å²) in [6, 6.07) is 3.07. The molecular weight excluding hydrogens is 543 g/mol. The lowest BCUT2D eigenvalue weighted by Gasteiger charge is -2.31. The van der Waals surface area contributed by atoms with Crippen molar-refractivity contribution in [2.75, 3.05) is 33.8 Å². The number of aliphatic hydroxyl groups is 2. The van der Waals surface area contributed by atoms with E-state index < -0.39 is 11.6 Å². The Kier molecular flexibility index (Phi) is 6.87. The van der Waals surface area contributed by atoms with E-state index in [2.05, 4.69) is 0 Å². The van der Waals surface area contributed by atoms with Gasteiger partial charge in [0.2, 0.25) is 0 Å². The Morgan fingerprint density at radius 1 is 1.31 bits per heavy atom. The molecule has 0 saturated carbocycles. The molecule has 6 rings (SSSR count). The summed E-state index contributed by atoms with van der Waals surface area (Å²) >= 11 is 0. The minimum Gasteiger partial charge on any atom is -0.458 e. The van der Waals surface area contributed by atoms with Gasteiger partial charge in [-0.3, -0.25) is 9.69 Å². The summed E-state index contributed by atoms with van der Waals surface area (Å²) in [6.07, 6.45) is 3.15. The first-order valence-corrected chi connectivity index (χ1v) is 14.2. The van der Waals surface area contributed by atoms with Crippen LogP contribution in [0.25, 0.3) is 22.3 Å². The van der Waals surface area contributed by atoms with Gasteiger partial charge in [-0.2, -0.15) is 4.58 Å². The molecule has 2 atom stereocenters. The van der Waals surface area contributed by atoms with Gasteiger partial charge in [0.25, 0.3) is 5.56 Å². The summed E-state index contributed by atoms with van der Waals surface area (Å²) in [4.78, 5) is 46.0. The Hall–Kier alpha value is -3.80. The Balaban J connectivity index is 1.56. The normalized spacial score (nSPS) is 20.9. The molecule has 2 aliphatic heterocycles. The van der Waals surface area contributed by atoms with Gasteiger partial charge in [-0.25, -0.2) is 19.0 Å². The van der Waals surface area contributed by atoms with E-state index in [1.54, 1.807) is 48.1 Å². The van der Waals surface area contributed by atoms with Crippen LogP contribution in [-0.2, 0) is 39.5 Å². The zero-order valence-corrected chi connectivity index (χ0v) is 24.2. The number of pyridine rings is 2. The fourth-order valence-electron chi connectivity index (χ4n) is 6.68. The number of nitrogens with zero attached hydrogens (tertiary/aromatic N) is 4. The largest absolute Gasteiger partial charge is 0.458 e. The van der Waals surface area contributed by atoms with E-state index in [9.17, 15) is 24.6 Å². The Labute approximate surface area is 241 Å². The number of carbonyl (C=O) groups excluding carboxylic acids is 2. The van der Waals surface area contributed by atoms with Gasteiger partial charge >= 0.3 is 11.9 Å². The number of carbonyl (C=O) groups is 2. The summed E-state index contributed by atoms with van der Waals surface area (Å²) in [5.41, 5.74) is 2.70. The highest BCUT2D eigenvalue weighted by Gasteiger charge is 2.46. The second-order valence-corrected chi connectivity index (χ2v) is 11.6. The van der Waals surface area contributed by atoms with Crippen LogP contribution < -0.4 is 5.56 Å². The van der Waals surface area contributed by atoms with Crippen molar-refractivity contribution >= 4 is 29.0 Å². The maximum atomic E-state index is 15.1. The molecule has 1 aromatic carbocycles. The van der Waals surface area contributed by atoms with E-state index in [-0.39, 0.29) is 67.1 Å². The SMILES string of the molecule is CC[C@@]1(O)C(=O)OCc2c1cc1n(c2=O)Cc2c-1nc1cc(F)c(C)c3c1c2C(/C=[N+](/C)C(=O)CN(C)CCO)CC3. The maximum absolute atomic E-state index is 15.1. The molecule has 10 nitrogen and oxygen atoms in total. The van der Waals surface area contributed by atoms with Gasteiger partial charge in [-0.15, -0.1) is 0 Å². The third-order valence-electron chi connectivity index (χ3n) is 9.11. The average molecular weight is 578 g/mol. The van der Waals surface area contributed by atoms with E-state index in [4.69, 9.17) is 9.72 Å². The van der Waals surface area contributed by atoms with Crippen molar-refractivity contribution in [3.63, 3.8) is 0 Å². The molecule has 42 heavy (non-hydrogen) atoms. The molecule has 0 saturated heterocycles. The minimum absolute atomic E-state index is 0.0315. The number of fused-ring (bicyclic) bond motifs is 5. The first kappa shape index (κ1) is 28.3. The molecular formula is C31H34FN4O6+. The van der Waals surface area contributed by atoms with Crippen molar-refractivity contribution in [3.8, 4) is 11.4 Å². The van der Waals surface area contributed by atoms with Crippen molar-refractivity contribution in [2.24, 2.45) is 0 Å². The molecule has 0 radical (unpaired) electrons. The van der Waals surface area contributed by atoms with Crippen LogP contribution in [0.5, 0.6) is 0 Å². The van der Waals surface area contributed by atoms with Crippen LogP contribution in [0.3, 0.4) is 0 Å². The average Bonchev–Trinajstić information content (AvgIpc) is 3.33. The zero-order valence-electron chi connectivity index (χ0n) is 24.2. The van der Waals surface area contributed by atoms with Gasteiger partial charge in [0.15, 0.2) is 11.8 Å². The first-order valence-electron chi connectivity index (χ1n) is 14.2. The van der Waals surface area contributed by atoms with E-state index in [1.165, 1.54) is 6.07 Å². The number of halogens is 1. The monoisotopic (exact) mass is 577 g/mol. The van der Waals surface area contributed by atoms with Crippen LogP contribution in [0.1, 0.15) is 59.1 Å². The van der Waals surface area contributed by atoms with Crippen LogP contribution in [0.4, 0.5) is 4.39 Å². The maximum Gasteiger partial charge on any atom is 0.400 e. The lowest BCUT2D eigenvalue weighted by atomic mass is 9.78. The molecule has 0 spiro atoms. The number of benzene rings is 1. The second kappa shape index (κ2) is 10.2. The number of ether oxygens (including phenoxy) is 1. The van der Waals surface area contributed by atoms with Gasteiger partial charge in [0.1, 0.15) is 26.0 Å². The van der Waals surface area contributed by atoms with Gasteiger partial charge in [0.05, 0.1) is 41.5 Å². The Morgan fingerprint density at radius 3 is 2.79 bits per heavy atom. The van der Waals surface area contributed by atoms with E-state index >= 15 is 4.39 Å². The molecule has 2 aromatic heterocycles. The Morgan fingerprint density at radius 2 is 2.07 bits per heavy atom. The van der Waals surface area contributed by atoms with Crippen molar-refractivity contribution < 1.29 is 33.5 Å². The van der Waals surface area contributed by atoms with Crippen LogP contribution >= 0.6 is 0 Å². The number of rotatable bonds is 6. The lowest BCUT2D eigenvalue weighted by Crippen LogP contribution is -2.44.